The highest BCUT2D eigenvalue weighted by Gasteiger charge is 2.25. The van der Waals surface area contributed by atoms with E-state index < -0.39 is 0 Å². The van der Waals surface area contributed by atoms with Gasteiger partial charge in [0.15, 0.2) is 5.13 Å². The molecule has 0 fully saturated rings. The lowest BCUT2D eigenvalue weighted by molar-refractivity contribution is 0.207. The average molecular weight is 542 g/mol. The van der Waals surface area contributed by atoms with E-state index in [-0.39, 0.29) is 6.04 Å². The summed E-state index contributed by atoms with van der Waals surface area (Å²) in [5, 5.41) is 0.528. The Morgan fingerprint density at radius 2 is 1.95 bits per heavy atom. The maximum Gasteiger partial charge on any atom is 0.182 e. The smallest absolute Gasteiger partial charge is 0.182 e. The van der Waals surface area contributed by atoms with Crippen molar-refractivity contribution in [2.45, 2.75) is 26.4 Å². The Kier molecular flexibility index (Phi) is 7.92. The van der Waals surface area contributed by atoms with Crippen LogP contribution in [0.4, 0.5) is 5.13 Å². The number of nitrogens with two attached hydrogens (primary N) is 2. The number of nitrogen functional groups attached to an aromatic ring is 1. The number of benzene rings is 2. The Balaban J connectivity index is 1.48. The van der Waals surface area contributed by atoms with Gasteiger partial charge in [0.25, 0.3) is 0 Å². The van der Waals surface area contributed by atoms with Gasteiger partial charge in [-0.3, -0.25) is 4.90 Å². The third-order valence-corrected chi connectivity index (χ3v) is 7.71. The Labute approximate surface area is 233 Å². The molecule has 8 nitrogen and oxygen atoms in total. The van der Waals surface area contributed by atoms with E-state index in [1.54, 1.807) is 0 Å². The molecule has 0 radical (unpaired) electrons. The maximum atomic E-state index is 6.29. The van der Waals surface area contributed by atoms with E-state index >= 15 is 0 Å². The number of ether oxygens (including phenoxy) is 1. The molecule has 1 unspecified atom stereocenters. The molecule has 0 saturated carbocycles. The molecule has 1 aliphatic rings. The lowest BCUT2D eigenvalue weighted by Gasteiger charge is -2.30. The van der Waals surface area contributed by atoms with Crippen molar-refractivity contribution in [1.29, 1.82) is 0 Å². The number of thiazole rings is 1. The summed E-state index contributed by atoms with van der Waals surface area (Å²) in [6.45, 7) is 7.03. The fourth-order valence-corrected chi connectivity index (χ4v) is 5.77. The molecule has 2 aromatic heterocycles. The third kappa shape index (κ3) is 6.11. The molecule has 0 amide bonds. The summed E-state index contributed by atoms with van der Waals surface area (Å²) < 4.78 is 6.19. The molecule has 0 bridgehead atoms. The number of hydrogen-bond donors (Lipinski definition) is 2. The summed E-state index contributed by atoms with van der Waals surface area (Å²) in [6.07, 6.45) is 1.88. The zero-order chi connectivity index (χ0) is 27.5. The van der Waals surface area contributed by atoms with Gasteiger partial charge in [-0.1, -0.05) is 47.7 Å². The van der Waals surface area contributed by atoms with Gasteiger partial charge in [-0.15, -0.1) is 0 Å². The van der Waals surface area contributed by atoms with Crippen molar-refractivity contribution in [3.8, 4) is 16.9 Å². The van der Waals surface area contributed by atoms with Crippen molar-refractivity contribution in [1.82, 2.24) is 19.8 Å². The number of anilines is 1. The molecular formula is C30H35N7OS. The van der Waals surface area contributed by atoms with Crippen LogP contribution in [0.1, 0.15) is 25.0 Å². The maximum absolute atomic E-state index is 6.29. The number of pyridine rings is 1. The van der Waals surface area contributed by atoms with Crippen LogP contribution in [-0.4, -0.2) is 65.4 Å². The summed E-state index contributed by atoms with van der Waals surface area (Å²) >= 11 is 1.40. The summed E-state index contributed by atoms with van der Waals surface area (Å²) in [7, 11) is 3.98. The molecular weight excluding hydrogens is 506 g/mol. The molecule has 4 N–H and O–H groups in total. The number of likely N-dealkylation sites (N-methyl/N-ethyl adjacent to an activating group) is 1. The summed E-state index contributed by atoms with van der Waals surface area (Å²) in [5.74, 6) is 1.51. The lowest BCUT2D eigenvalue weighted by Crippen LogP contribution is -2.35. The zero-order valence-corrected chi connectivity index (χ0v) is 23.7. The van der Waals surface area contributed by atoms with Gasteiger partial charge in [0.2, 0.25) is 0 Å². The first-order valence-corrected chi connectivity index (χ1v) is 13.9. The van der Waals surface area contributed by atoms with Crippen molar-refractivity contribution < 1.29 is 4.74 Å². The summed E-state index contributed by atoms with van der Waals surface area (Å²) in [4.78, 5) is 19.1. The highest BCUT2D eigenvalue weighted by molar-refractivity contribution is 7.21. The van der Waals surface area contributed by atoms with Crippen LogP contribution in [0.2, 0.25) is 0 Å². The second-order valence-corrected chi connectivity index (χ2v) is 11.1. The van der Waals surface area contributed by atoms with E-state index in [1.807, 2.05) is 37.3 Å². The third-order valence-electron chi connectivity index (χ3n) is 6.90. The number of aromatic nitrogens is 2. The van der Waals surface area contributed by atoms with E-state index in [9.17, 15) is 0 Å². The molecule has 202 valence electrons. The SMILES string of the molecule is C/C(N=C(N)CN(C)C)=C(\c1ccccc1)C(C)N1CCOc2ccc(-c3cnc4sc(N)nc4c3)cc2C1. The van der Waals surface area contributed by atoms with Gasteiger partial charge in [-0.05, 0) is 62.8 Å². The quantitative estimate of drug-likeness (QED) is 0.254. The van der Waals surface area contributed by atoms with Crippen molar-refractivity contribution in [3.05, 3.63) is 77.6 Å². The number of aliphatic imine (C=N–C) groups is 1. The van der Waals surface area contributed by atoms with E-state index in [2.05, 4.69) is 71.2 Å². The first-order valence-electron chi connectivity index (χ1n) is 13.0. The minimum atomic E-state index is 0.0810. The van der Waals surface area contributed by atoms with Crippen LogP contribution in [0, 0.1) is 0 Å². The highest BCUT2D eigenvalue weighted by Crippen LogP contribution is 2.34. The minimum Gasteiger partial charge on any atom is -0.492 e. The average Bonchev–Trinajstić information content (AvgIpc) is 3.14. The number of hydrogen-bond acceptors (Lipinski definition) is 8. The van der Waals surface area contributed by atoms with Crippen LogP contribution in [0.15, 0.2) is 71.5 Å². The van der Waals surface area contributed by atoms with Crippen LogP contribution in [-0.2, 0) is 6.54 Å². The minimum absolute atomic E-state index is 0.0810. The summed E-state index contributed by atoms with van der Waals surface area (Å²) in [5.41, 5.74) is 19.4. The Morgan fingerprint density at radius 3 is 2.72 bits per heavy atom. The molecule has 0 aliphatic carbocycles. The van der Waals surface area contributed by atoms with Crippen LogP contribution in [0.3, 0.4) is 0 Å². The topological polar surface area (TPSA) is 106 Å². The molecule has 9 heteroatoms. The van der Waals surface area contributed by atoms with Gasteiger partial charge in [0.05, 0.1) is 6.54 Å². The molecule has 2 aromatic carbocycles. The molecule has 0 saturated heterocycles. The van der Waals surface area contributed by atoms with Gasteiger partial charge in [-0.25, -0.2) is 15.0 Å². The molecule has 5 rings (SSSR count). The molecule has 39 heavy (non-hydrogen) atoms. The molecule has 4 aromatic rings. The predicted molar refractivity (Wildman–Crippen MR) is 162 cm³/mol. The number of rotatable bonds is 7. The Hall–Kier alpha value is -3.79. The number of amidine groups is 1. The number of fused-ring (bicyclic) bond motifs is 2. The molecule has 1 atom stereocenters. The predicted octanol–water partition coefficient (Wildman–Crippen LogP) is 4.87. The fraction of sp³-hybridized carbons (Fsp3) is 0.300. The molecule has 1 aliphatic heterocycles. The standard InChI is InChI=1S/C30H35N7OS/c1-19(34-27(31)18-36(3)4)28(21-8-6-5-7-9-21)20(2)37-12-13-38-26-11-10-22(14-24(26)17-37)23-15-25-29(33-16-23)39-30(32)35-25/h5-11,14-16,20H,12-13,17-18H2,1-4H3,(H2,31,34)(H2,32,35)/b28-19+. The normalized spacial score (nSPS) is 16.0. The van der Waals surface area contributed by atoms with Gasteiger partial charge in [0.1, 0.15) is 28.5 Å². The van der Waals surface area contributed by atoms with Crippen LogP contribution >= 0.6 is 11.3 Å². The Morgan fingerprint density at radius 1 is 1.15 bits per heavy atom. The van der Waals surface area contributed by atoms with Gasteiger partial charge in [-0.2, -0.15) is 0 Å². The van der Waals surface area contributed by atoms with Crippen LogP contribution < -0.4 is 16.2 Å². The first kappa shape index (κ1) is 26.8. The van der Waals surface area contributed by atoms with E-state index in [0.717, 1.165) is 62.7 Å². The van der Waals surface area contributed by atoms with E-state index in [0.29, 0.717) is 24.1 Å². The summed E-state index contributed by atoms with van der Waals surface area (Å²) in [6, 6.07) is 18.9. The first-order chi connectivity index (χ1) is 18.8. The van der Waals surface area contributed by atoms with Crippen molar-refractivity contribution in [3.63, 3.8) is 0 Å². The fourth-order valence-electron chi connectivity index (χ4n) is 5.11. The largest absolute Gasteiger partial charge is 0.492 e. The monoisotopic (exact) mass is 541 g/mol. The number of allylic oxidation sites excluding steroid dienone is 1. The molecule has 0 spiro atoms. The van der Waals surface area contributed by atoms with Gasteiger partial charge < -0.3 is 21.1 Å². The van der Waals surface area contributed by atoms with Crippen molar-refractivity contribution in [2.24, 2.45) is 10.7 Å². The number of nitrogens with zero attached hydrogens (tertiary/aromatic N) is 5. The Bertz CT molecular complexity index is 1530. The van der Waals surface area contributed by atoms with Gasteiger partial charge >= 0.3 is 0 Å². The lowest BCUT2D eigenvalue weighted by atomic mass is 9.95. The van der Waals surface area contributed by atoms with Crippen molar-refractivity contribution in [2.75, 3.05) is 39.5 Å². The second kappa shape index (κ2) is 11.5. The van der Waals surface area contributed by atoms with Crippen LogP contribution in [0.5, 0.6) is 5.75 Å². The highest BCUT2D eigenvalue weighted by atomic mass is 32.1. The van der Waals surface area contributed by atoms with E-state index in [1.165, 1.54) is 11.3 Å². The van der Waals surface area contributed by atoms with E-state index in [4.69, 9.17) is 21.2 Å². The van der Waals surface area contributed by atoms with Gasteiger partial charge in [0, 0.05) is 42.2 Å². The molecule has 3 heterocycles. The zero-order valence-electron chi connectivity index (χ0n) is 22.9. The second-order valence-electron chi connectivity index (χ2n) is 10.1. The van der Waals surface area contributed by atoms with Crippen LogP contribution in [0.25, 0.3) is 27.0 Å². The van der Waals surface area contributed by atoms with Crippen molar-refractivity contribution >= 4 is 38.2 Å².